The van der Waals surface area contributed by atoms with Crippen molar-refractivity contribution >= 4 is 27.9 Å². The predicted octanol–water partition coefficient (Wildman–Crippen LogP) is 3.31. The number of carbonyl (C=O) groups is 1. The van der Waals surface area contributed by atoms with Gasteiger partial charge < -0.3 is 23.4 Å². The van der Waals surface area contributed by atoms with E-state index in [0.29, 0.717) is 11.3 Å². The van der Waals surface area contributed by atoms with Crippen LogP contribution in [-0.4, -0.2) is 25.3 Å². The Bertz CT molecular complexity index is 1410. The normalized spacial score (nSPS) is 12.1. The van der Waals surface area contributed by atoms with Gasteiger partial charge in [0.25, 0.3) is 0 Å². The van der Waals surface area contributed by atoms with Crippen LogP contribution in [0.25, 0.3) is 21.9 Å². The van der Waals surface area contributed by atoms with Crippen molar-refractivity contribution < 1.29 is 28.2 Å². The molecule has 31 heavy (non-hydrogen) atoms. The van der Waals surface area contributed by atoms with Crippen LogP contribution in [0, 0.1) is 0 Å². The Morgan fingerprint density at radius 3 is 2.55 bits per heavy atom. The lowest BCUT2D eigenvalue weighted by molar-refractivity contribution is -0.140. The van der Waals surface area contributed by atoms with Gasteiger partial charge in [0.05, 0.1) is 43.6 Å². The van der Waals surface area contributed by atoms with Crippen LogP contribution in [0.3, 0.4) is 0 Å². The van der Waals surface area contributed by atoms with Gasteiger partial charge in [-0.1, -0.05) is 12.1 Å². The molecule has 0 saturated carbocycles. The summed E-state index contributed by atoms with van der Waals surface area (Å²) < 4.78 is 21.3. The molecule has 4 rings (SSSR count). The number of esters is 1. The van der Waals surface area contributed by atoms with E-state index in [1.165, 1.54) is 32.6 Å². The molecule has 0 spiro atoms. The van der Waals surface area contributed by atoms with Gasteiger partial charge in [-0.15, -0.1) is 0 Å². The van der Waals surface area contributed by atoms with Crippen molar-refractivity contribution in [1.29, 1.82) is 0 Å². The Hall–Kier alpha value is -4.07. The smallest absolute Gasteiger partial charge is 0.306 e. The van der Waals surface area contributed by atoms with E-state index in [1.807, 2.05) is 0 Å². The standard InChI is InChI=1S/C23H18O8/c1-28-12-7-8-17-15(9-12)20(25)16(11-30-17)14(10-19(24)29-2)23-22(27)21(26)13-5-3-4-6-18(13)31-23/h3-9,11,14,27H,10H2,1-2H3. The summed E-state index contributed by atoms with van der Waals surface area (Å²) in [5.41, 5.74) is -0.569. The van der Waals surface area contributed by atoms with E-state index in [2.05, 4.69) is 0 Å². The number of hydrogen-bond acceptors (Lipinski definition) is 8. The lowest BCUT2D eigenvalue weighted by atomic mass is 9.92. The van der Waals surface area contributed by atoms with Crippen molar-refractivity contribution in [1.82, 2.24) is 0 Å². The molecule has 0 aliphatic rings. The molecule has 8 nitrogen and oxygen atoms in total. The summed E-state index contributed by atoms with van der Waals surface area (Å²) in [5, 5.41) is 11.0. The third kappa shape index (κ3) is 3.52. The largest absolute Gasteiger partial charge is 0.502 e. The topological polar surface area (TPSA) is 116 Å². The maximum absolute atomic E-state index is 13.3. The van der Waals surface area contributed by atoms with Crippen LogP contribution in [0.5, 0.6) is 11.5 Å². The lowest BCUT2D eigenvalue weighted by Crippen LogP contribution is -2.19. The van der Waals surface area contributed by atoms with E-state index in [0.717, 1.165) is 0 Å². The molecule has 1 unspecified atom stereocenters. The highest BCUT2D eigenvalue weighted by Gasteiger charge is 2.30. The highest BCUT2D eigenvalue weighted by Crippen LogP contribution is 2.34. The minimum absolute atomic E-state index is 0.0277. The monoisotopic (exact) mass is 422 g/mol. The van der Waals surface area contributed by atoms with Gasteiger partial charge in [0, 0.05) is 5.56 Å². The second-order valence-corrected chi connectivity index (χ2v) is 6.86. The molecule has 1 atom stereocenters. The Labute approximate surface area is 175 Å². The number of para-hydroxylation sites is 1. The quantitative estimate of drug-likeness (QED) is 0.487. The maximum atomic E-state index is 13.3. The second kappa shape index (κ2) is 7.98. The number of rotatable bonds is 5. The van der Waals surface area contributed by atoms with Crippen molar-refractivity contribution in [3.63, 3.8) is 0 Å². The van der Waals surface area contributed by atoms with Gasteiger partial charge in [0.2, 0.25) is 11.2 Å². The molecule has 8 heteroatoms. The predicted molar refractivity (Wildman–Crippen MR) is 112 cm³/mol. The number of ether oxygens (including phenoxy) is 2. The van der Waals surface area contributed by atoms with E-state index >= 15 is 0 Å². The van der Waals surface area contributed by atoms with E-state index in [-0.39, 0.29) is 34.1 Å². The van der Waals surface area contributed by atoms with Gasteiger partial charge in [-0.3, -0.25) is 14.4 Å². The fourth-order valence-corrected chi connectivity index (χ4v) is 3.47. The van der Waals surface area contributed by atoms with Crippen molar-refractivity contribution in [2.75, 3.05) is 14.2 Å². The van der Waals surface area contributed by atoms with Crippen molar-refractivity contribution in [2.24, 2.45) is 0 Å². The molecule has 0 radical (unpaired) electrons. The summed E-state index contributed by atoms with van der Waals surface area (Å²) >= 11 is 0. The van der Waals surface area contributed by atoms with Crippen LogP contribution in [0.4, 0.5) is 0 Å². The Morgan fingerprint density at radius 1 is 1.03 bits per heavy atom. The van der Waals surface area contributed by atoms with Gasteiger partial charge in [-0.2, -0.15) is 0 Å². The molecule has 0 aliphatic heterocycles. The number of hydrogen-bond donors (Lipinski definition) is 1. The third-order valence-electron chi connectivity index (χ3n) is 5.10. The van der Waals surface area contributed by atoms with Gasteiger partial charge in [0.15, 0.2) is 11.2 Å². The van der Waals surface area contributed by atoms with E-state index in [1.54, 1.807) is 30.3 Å². The van der Waals surface area contributed by atoms with Gasteiger partial charge in [-0.05, 0) is 30.3 Å². The van der Waals surface area contributed by atoms with Crippen LogP contribution < -0.4 is 15.6 Å². The zero-order valence-corrected chi connectivity index (χ0v) is 16.7. The summed E-state index contributed by atoms with van der Waals surface area (Å²) in [6.07, 6.45) is 0.838. The average molecular weight is 422 g/mol. The highest BCUT2D eigenvalue weighted by atomic mass is 16.5. The fourth-order valence-electron chi connectivity index (χ4n) is 3.47. The molecule has 0 amide bonds. The molecule has 158 valence electrons. The van der Waals surface area contributed by atoms with Crippen LogP contribution in [-0.2, 0) is 9.53 Å². The molecule has 2 heterocycles. The van der Waals surface area contributed by atoms with Gasteiger partial charge in [-0.25, -0.2) is 0 Å². The molecule has 0 saturated heterocycles. The molecular formula is C23H18O8. The Kier molecular flexibility index (Phi) is 5.21. The molecule has 0 bridgehead atoms. The molecular weight excluding hydrogens is 404 g/mol. The average Bonchev–Trinajstić information content (AvgIpc) is 2.80. The first-order valence-corrected chi connectivity index (χ1v) is 9.35. The minimum atomic E-state index is -1.11. The molecule has 2 aromatic heterocycles. The summed E-state index contributed by atoms with van der Waals surface area (Å²) in [5.74, 6) is -2.23. The number of carbonyl (C=O) groups excluding carboxylic acids is 1. The van der Waals surface area contributed by atoms with Crippen LogP contribution >= 0.6 is 0 Å². The zero-order valence-electron chi connectivity index (χ0n) is 16.7. The molecule has 0 aliphatic carbocycles. The highest BCUT2D eigenvalue weighted by molar-refractivity contribution is 5.80. The van der Waals surface area contributed by atoms with Gasteiger partial charge >= 0.3 is 5.97 Å². The van der Waals surface area contributed by atoms with Crippen molar-refractivity contribution in [3.05, 3.63) is 80.5 Å². The van der Waals surface area contributed by atoms with E-state index in [9.17, 15) is 19.5 Å². The van der Waals surface area contributed by atoms with Gasteiger partial charge in [0.1, 0.15) is 16.9 Å². The lowest BCUT2D eigenvalue weighted by Gasteiger charge is -2.16. The fraction of sp³-hybridized carbons (Fsp3) is 0.174. The van der Waals surface area contributed by atoms with Crippen LogP contribution in [0.1, 0.15) is 23.7 Å². The third-order valence-corrected chi connectivity index (χ3v) is 5.10. The van der Waals surface area contributed by atoms with E-state index in [4.69, 9.17) is 18.3 Å². The number of aromatic hydroxyl groups is 1. The van der Waals surface area contributed by atoms with Crippen LogP contribution in [0.15, 0.2) is 67.2 Å². The Morgan fingerprint density at radius 2 is 1.81 bits per heavy atom. The number of benzene rings is 2. The number of fused-ring (bicyclic) bond motifs is 2. The van der Waals surface area contributed by atoms with Crippen LogP contribution in [0.2, 0.25) is 0 Å². The maximum Gasteiger partial charge on any atom is 0.306 e. The molecule has 4 aromatic rings. The molecule has 2 aromatic carbocycles. The van der Waals surface area contributed by atoms with Crippen molar-refractivity contribution in [2.45, 2.75) is 12.3 Å². The molecule has 1 N–H and O–H groups in total. The Balaban J connectivity index is 1.99. The molecule has 0 fully saturated rings. The summed E-state index contributed by atoms with van der Waals surface area (Å²) in [4.78, 5) is 38.1. The first-order chi connectivity index (χ1) is 14.9. The number of methoxy groups -OCH3 is 2. The summed E-state index contributed by atoms with van der Waals surface area (Å²) in [7, 11) is 2.66. The summed E-state index contributed by atoms with van der Waals surface area (Å²) in [6, 6.07) is 11.1. The summed E-state index contributed by atoms with van der Waals surface area (Å²) in [6.45, 7) is 0. The van der Waals surface area contributed by atoms with E-state index < -0.39 is 28.5 Å². The zero-order chi connectivity index (χ0) is 22.1. The second-order valence-electron chi connectivity index (χ2n) is 6.86. The first-order valence-electron chi connectivity index (χ1n) is 9.35. The van der Waals surface area contributed by atoms with Crippen molar-refractivity contribution in [3.8, 4) is 11.5 Å². The SMILES string of the molecule is COC(=O)CC(c1oc2ccccc2c(=O)c1O)c1coc2ccc(OC)cc2c1=O. The minimum Gasteiger partial charge on any atom is -0.502 e. The first kappa shape index (κ1) is 20.2.